The lowest BCUT2D eigenvalue weighted by molar-refractivity contribution is -0.124. The van der Waals surface area contributed by atoms with Crippen molar-refractivity contribution in [1.82, 2.24) is 10.2 Å². The van der Waals surface area contributed by atoms with Gasteiger partial charge in [-0.05, 0) is 39.2 Å². The van der Waals surface area contributed by atoms with Crippen molar-refractivity contribution in [3.05, 3.63) is 0 Å². The maximum atomic E-state index is 11.8. The molecule has 1 heterocycles. The van der Waals surface area contributed by atoms with Gasteiger partial charge in [0.05, 0.1) is 12.6 Å². The van der Waals surface area contributed by atoms with Crippen molar-refractivity contribution >= 4 is 5.91 Å². The van der Waals surface area contributed by atoms with Crippen molar-refractivity contribution in [1.29, 1.82) is 0 Å². The highest BCUT2D eigenvalue weighted by Gasteiger charge is 2.26. The van der Waals surface area contributed by atoms with Gasteiger partial charge in [0.1, 0.15) is 0 Å². The molecule has 100 valence electrons. The molecule has 17 heavy (non-hydrogen) atoms. The zero-order valence-corrected chi connectivity index (χ0v) is 11.5. The van der Waals surface area contributed by atoms with E-state index in [2.05, 4.69) is 19.2 Å². The molecule has 0 bridgehead atoms. The number of amides is 1. The predicted octanol–water partition coefficient (Wildman–Crippen LogP) is 0.994. The number of carbonyl (C=O) groups is 1. The number of piperidine rings is 1. The van der Waals surface area contributed by atoms with Crippen LogP contribution in [0.25, 0.3) is 0 Å². The van der Waals surface area contributed by atoms with Crippen LogP contribution in [0.5, 0.6) is 0 Å². The number of nitrogens with zero attached hydrogens (tertiary/aromatic N) is 1. The molecular weight excluding hydrogens is 216 g/mol. The van der Waals surface area contributed by atoms with Crippen LogP contribution in [0.3, 0.4) is 0 Å². The molecule has 0 saturated carbocycles. The molecular formula is C13H26N2O2. The lowest BCUT2D eigenvalue weighted by atomic mass is 9.96. The zero-order valence-electron chi connectivity index (χ0n) is 11.5. The molecule has 1 fully saturated rings. The fourth-order valence-electron chi connectivity index (χ4n) is 1.97. The first-order valence-electron chi connectivity index (χ1n) is 6.55. The number of aliphatic hydroxyl groups excluding tert-OH is 1. The summed E-state index contributed by atoms with van der Waals surface area (Å²) in [5.41, 5.74) is -0.140. The Kier molecular flexibility index (Phi) is 4.95. The maximum Gasteiger partial charge on any atom is 0.234 e. The van der Waals surface area contributed by atoms with Gasteiger partial charge in [0.25, 0.3) is 0 Å². The van der Waals surface area contributed by atoms with Crippen LogP contribution in [0, 0.1) is 5.92 Å². The summed E-state index contributed by atoms with van der Waals surface area (Å²) in [6.45, 7) is 10.1. The molecule has 1 aliphatic rings. The van der Waals surface area contributed by atoms with E-state index >= 15 is 0 Å². The molecule has 0 aromatic carbocycles. The van der Waals surface area contributed by atoms with Gasteiger partial charge in [0.2, 0.25) is 5.91 Å². The molecule has 0 aliphatic carbocycles. The van der Waals surface area contributed by atoms with Crippen molar-refractivity contribution in [2.24, 2.45) is 5.92 Å². The summed E-state index contributed by atoms with van der Waals surface area (Å²) in [5.74, 6) is 0.403. The second-order valence-corrected chi connectivity index (χ2v) is 5.85. The molecule has 2 atom stereocenters. The fourth-order valence-corrected chi connectivity index (χ4v) is 1.97. The summed E-state index contributed by atoms with van der Waals surface area (Å²) >= 11 is 0. The summed E-state index contributed by atoms with van der Waals surface area (Å²) in [7, 11) is 0. The number of carbonyl (C=O) groups excluding carboxylic acids is 1. The summed E-state index contributed by atoms with van der Waals surface area (Å²) in [6, 6.07) is 0. The summed E-state index contributed by atoms with van der Waals surface area (Å²) in [4.78, 5) is 13.9. The second-order valence-electron chi connectivity index (χ2n) is 5.85. The number of aliphatic hydroxyl groups is 1. The number of rotatable bonds is 4. The SMILES string of the molecule is CCC(C)(C)NC(=O)CN1CCC(C)C(O)C1. The van der Waals surface area contributed by atoms with Crippen LogP contribution in [0.15, 0.2) is 0 Å². The second kappa shape index (κ2) is 5.83. The molecule has 0 spiro atoms. The van der Waals surface area contributed by atoms with Gasteiger partial charge in [-0.2, -0.15) is 0 Å². The predicted molar refractivity (Wildman–Crippen MR) is 68.7 cm³/mol. The van der Waals surface area contributed by atoms with E-state index in [1.165, 1.54) is 0 Å². The Morgan fingerprint density at radius 2 is 2.18 bits per heavy atom. The molecule has 0 aromatic heterocycles. The van der Waals surface area contributed by atoms with Gasteiger partial charge in [0.15, 0.2) is 0 Å². The summed E-state index contributed by atoms with van der Waals surface area (Å²) < 4.78 is 0. The van der Waals surface area contributed by atoms with Crippen molar-refractivity contribution < 1.29 is 9.90 Å². The lowest BCUT2D eigenvalue weighted by Gasteiger charge is -2.34. The van der Waals surface area contributed by atoms with Crippen LogP contribution in [0.1, 0.15) is 40.5 Å². The van der Waals surface area contributed by atoms with Gasteiger partial charge in [-0.3, -0.25) is 9.69 Å². The van der Waals surface area contributed by atoms with Crippen LogP contribution < -0.4 is 5.32 Å². The highest BCUT2D eigenvalue weighted by atomic mass is 16.3. The van der Waals surface area contributed by atoms with Crippen LogP contribution in [-0.4, -0.2) is 47.2 Å². The van der Waals surface area contributed by atoms with Crippen LogP contribution >= 0.6 is 0 Å². The summed E-state index contributed by atoms with van der Waals surface area (Å²) in [6.07, 6.45) is 1.58. The van der Waals surface area contributed by atoms with E-state index in [4.69, 9.17) is 0 Å². The molecule has 1 amide bonds. The first-order valence-corrected chi connectivity index (χ1v) is 6.55. The lowest BCUT2D eigenvalue weighted by Crippen LogP contribution is -2.51. The smallest absolute Gasteiger partial charge is 0.234 e. The third-order valence-corrected chi connectivity index (χ3v) is 3.73. The quantitative estimate of drug-likeness (QED) is 0.773. The van der Waals surface area contributed by atoms with E-state index in [9.17, 15) is 9.90 Å². The Morgan fingerprint density at radius 1 is 1.53 bits per heavy atom. The third-order valence-electron chi connectivity index (χ3n) is 3.73. The van der Waals surface area contributed by atoms with Gasteiger partial charge in [-0.1, -0.05) is 13.8 Å². The van der Waals surface area contributed by atoms with Crippen LogP contribution in [0.2, 0.25) is 0 Å². The third kappa shape index (κ3) is 4.64. The minimum Gasteiger partial charge on any atom is -0.392 e. The van der Waals surface area contributed by atoms with Gasteiger partial charge in [0, 0.05) is 12.1 Å². The topological polar surface area (TPSA) is 52.6 Å². The Bertz CT molecular complexity index is 266. The maximum absolute atomic E-state index is 11.8. The Morgan fingerprint density at radius 3 is 2.71 bits per heavy atom. The van der Waals surface area contributed by atoms with E-state index < -0.39 is 0 Å². The van der Waals surface area contributed by atoms with Gasteiger partial charge in [-0.25, -0.2) is 0 Å². The van der Waals surface area contributed by atoms with Gasteiger partial charge >= 0.3 is 0 Å². The van der Waals surface area contributed by atoms with E-state index in [1.54, 1.807) is 0 Å². The summed E-state index contributed by atoms with van der Waals surface area (Å²) in [5, 5.41) is 12.8. The van der Waals surface area contributed by atoms with Crippen molar-refractivity contribution in [2.45, 2.75) is 52.2 Å². The first-order chi connectivity index (χ1) is 7.84. The molecule has 1 saturated heterocycles. The number of hydrogen-bond donors (Lipinski definition) is 2. The van der Waals surface area contributed by atoms with Gasteiger partial charge < -0.3 is 10.4 Å². The Balaban J connectivity index is 2.37. The van der Waals surface area contributed by atoms with Crippen molar-refractivity contribution in [2.75, 3.05) is 19.6 Å². The van der Waals surface area contributed by atoms with Crippen LogP contribution in [0.4, 0.5) is 0 Å². The number of likely N-dealkylation sites (tertiary alicyclic amines) is 1. The highest BCUT2D eigenvalue weighted by molar-refractivity contribution is 5.78. The molecule has 2 unspecified atom stereocenters. The van der Waals surface area contributed by atoms with E-state index in [-0.39, 0.29) is 17.6 Å². The highest BCUT2D eigenvalue weighted by Crippen LogP contribution is 2.16. The zero-order chi connectivity index (χ0) is 13.1. The monoisotopic (exact) mass is 242 g/mol. The fraction of sp³-hybridized carbons (Fsp3) is 0.923. The van der Waals surface area contributed by atoms with Crippen molar-refractivity contribution in [3.63, 3.8) is 0 Å². The Labute approximate surface area is 104 Å². The number of hydrogen-bond acceptors (Lipinski definition) is 3. The average Bonchev–Trinajstić information content (AvgIpc) is 2.23. The van der Waals surface area contributed by atoms with Crippen molar-refractivity contribution in [3.8, 4) is 0 Å². The largest absolute Gasteiger partial charge is 0.392 e. The number of β-amino-alcohol motifs (C(OH)–C–C–N with tert-alkyl or cyclic N) is 1. The minimum absolute atomic E-state index is 0.0543. The average molecular weight is 242 g/mol. The first kappa shape index (κ1) is 14.5. The molecule has 1 rings (SSSR count). The molecule has 0 radical (unpaired) electrons. The normalized spacial score (nSPS) is 26.9. The van der Waals surface area contributed by atoms with E-state index in [0.29, 0.717) is 19.0 Å². The van der Waals surface area contributed by atoms with Crippen LogP contribution in [-0.2, 0) is 4.79 Å². The number of nitrogens with one attached hydrogen (secondary N) is 1. The molecule has 2 N–H and O–H groups in total. The molecule has 4 heteroatoms. The Hall–Kier alpha value is -0.610. The van der Waals surface area contributed by atoms with Gasteiger partial charge in [-0.15, -0.1) is 0 Å². The van der Waals surface area contributed by atoms with E-state index in [1.807, 2.05) is 18.7 Å². The minimum atomic E-state index is -0.296. The van der Waals surface area contributed by atoms with E-state index in [0.717, 1.165) is 19.4 Å². The molecule has 0 aromatic rings. The standard InChI is InChI=1S/C13H26N2O2/c1-5-13(3,4)14-12(17)9-15-7-6-10(2)11(16)8-15/h10-11,16H,5-9H2,1-4H3,(H,14,17). The molecule has 4 nitrogen and oxygen atoms in total. The molecule has 1 aliphatic heterocycles.